The molecular formula is C19H25N3O3. The van der Waals surface area contributed by atoms with Crippen molar-refractivity contribution in [1.29, 1.82) is 0 Å². The number of nitrogens with zero attached hydrogens (tertiary/aromatic N) is 1. The highest BCUT2D eigenvalue weighted by Gasteiger charge is 2.28. The second-order valence-electron chi connectivity index (χ2n) is 6.10. The Balaban J connectivity index is 1.98. The molecule has 134 valence electrons. The van der Waals surface area contributed by atoms with E-state index in [4.69, 9.17) is 0 Å². The number of anilines is 1. The number of nitrogens with one attached hydrogen (secondary N) is 2. The first-order chi connectivity index (χ1) is 12.0. The molecule has 1 atom stereocenters. The van der Waals surface area contributed by atoms with E-state index in [0.717, 1.165) is 12.8 Å². The highest BCUT2D eigenvalue weighted by Crippen LogP contribution is 2.20. The van der Waals surface area contributed by atoms with Crippen molar-refractivity contribution in [2.45, 2.75) is 26.2 Å². The molecule has 0 bridgehead atoms. The highest BCUT2D eigenvalue weighted by atomic mass is 16.2. The lowest BCUT2D eigenvalue weighted by atomic mass is 9.96. The van der Waals surface area contributed by atoms with Crippen LogP contribution in [0, 0.1) is 5.92 Å². The molecule has 0 saturated carbocycles. The van der Waals surface area contributed by atoms with E-state index in [1.54, 1.807) is 42.2 Å². The number of hydrogen-bond donors (Lipinski definition) is 2. The fraction of sp³-hybridized carbons (Fsp3) is 0.421. The molecule has 2 N–H and O–H groups in total. The summed E-state index contributed by atoms with van der Waals surface area (Å²) in [5, 5.41) is 5.55. The topological polar surface area (TPSA) is 78.5 Å². The summed E-state index contributed by atoms with van der Waals surface area (Å²) in [6.07, 6.45) is 3.64. The molecule has 1 unspecified atom stereocenters. The predicted octanol–water partition coefficient (Wildman–Crippen LogP) is 2.19. The zero-order valence-corrected chi connectivity index (χ0v) is 14.6. The van der Waals surface area contributed by atoms with E-state index in [-0.39, 0.29) is 23.6 Å². The lowest BCUT2D eigenvalue weighted by molar-refractivity contribution is -0.126. The van der Waals surface area contributed by atoms with Crippen LogP contribution in [0.4, 0.5) is 5.69 Å². The second kappa shape index (κ2) is 9.01. The number of hydrogen-bond acceptors (Lipinski definition) is 3. The maximum atomic E-state index is 12.7. The van der Waals surface area contributed by atoms with Gasteiger partial charge in [0, 0.05) is 37.3 Å². The van der Waals surface area contributed by atoms with Gasteiger partial charge < -0.3 is 15.5 Å². The average molecular weight is 343 g/mol. The first kappa shape index (κ1) is 18.7. The minimum atomic E-state index is -0.180. The van der Waals surface area contributed by atoms with Crippen LogP contribution in [-0.2, 0) is 9.59 Å². The molecule has 2 rings (SSSR count). The molecule has 6 nitrogen and oxygen atoms in total. The third-order valence-electron chi connectivity index (χ3n) is 4.24. The summed E-state index contributed by atoms with van der Waals surface area (Å²) in [5.41, 5.74) is 1.23. The van der Waals surface area contributed by atoms with E-state index in [1.165, 1.54) is 0 Å². The maximum absolute atomic E-state index is 12.7. The molecule has 1 heterocycles. The smallest absolute Gasteiger partial charge is 0.253 e. The van der Waals surface area contributed by atoms with Crippen molar-refractivity contribution in [1.82, 2.24) is 10.2 Å². The summed E-state index contributed by atoms with van der Waals surface area (Å²) in [6.45, 7) is 6.89. The van der Waals surface area contributed by atoms with Crippen LogP contribution in [0.25, 0.3) is 0 Å². The fourth-order valence-electron chi connectivity index (χ4n) is 2.82. The molecule has 1 aromatic carbocycles. The minimum Gasteiger partial charge on any atom is -0.352 e. The predicted molar refractivity (Wildman–Crippen MR) is 97.2 cm³/mol. The Morgan fingerprint density at radius 2 is 2.00 bits per heavy atom. The number of rotatable bonds is 6. The van der Waals surface area contributed by atoms with Gasteiger partial charge in [-0.1, -0.05) is 13.0 Å². The van der Waals surface area contributed by atoms with Gasteiger partial charge in [-0.2, -0.15) is 0 Å². The molecule has 1 saturated heterocycles. The number of amides is 3. The van der Waals surface area contributed by atoms with Crippen LogP contribution in [0.1, 0.15) is 36.5 Å². The first-order valence-electron chi connectivity index (χ1n) is 8.63. The Kier molecular flexibility index (Phi) is 6.74. The van der Waals surface area contributed by atoms with Crippen molar-refractivity contribution < 1.29 is 14.4 Å². The summed E-state index contributed by atoms with van der Waals surface area (Å²) in [5.74, 6) is -0.367. The Labute approximate surface area is 148 Å². The largest absolute Gasteiger partial charge is 0.352 e. The fourth-order valence-corrected chi connectivity index (χ4v) is 2.82. The number of likely N-dealkylation sites (tertiary alicyclic amines) is 1. The van der Waals surface area contributed by atoms with Crippen LogP contribution in [0.2, 0.25) is 0 Å². The van der Waals surface area contributed by atoms with Gasteiger partial charge in [-0.05, 0) is 37.1 Å². The Morgan fingerprint density at radius 1 is 1.28 bits per heavy atom. The van der Waals surface area contributed by atoms with E-state index in [0.29, 0.717) is 37.3 Å². The standard InChI is InChI=1S/C19H25N3O3/c1-3-11-20-18(24)15-6-5-12-22(13-15)19(25)14-7-9-16(10-8-14)21-17(23)4-2/h3,7-10,15H,1,4-6,11-13H2,2H3,(H,20,24)(H,21,23). The molecule has 0 spiro atoms. The van der Waals surface area contributed by atoms with E-state index in [1.807, 2.05) is 0 Å². The molecule has 1 fully saturated rings. The molecule has 6 heteroatoms. The Bertz CT molecular complexity index is 640. The van der Waals surface area contributed by atoms with E-state index < -0.39 is 0 Å². The van der Waals surface area contributed by atoms with Crippen LogP contribution in [0.15, 0.2) is 36.9 Å². The SMILES string of the molecule is C=CCNC(=O)C1CCCN(C(=O)c2ccc(NC(=O)CC)cc2)C1. The maximum Gasteiger partial charge on any atom is 0.253 e. The van der Waals surface area contributed by atoms with Gasteiger partial charge in [0.2, 0.25) is 11.8 Å². The Morgan fingerprint density at radius 3 is 2.64 bits per heavy atom. The minimum absolute atomic E-state index is 0.0324. The van der Waals surface area contributed by atoms with Gasteiger partial charge in [-0.15, -0.1) is 6.58 Å². The van der Waals surface area contributed by atoms with Gasteiger partial charge in [-0.25, -0.2) is 0 Å². The summed E-state index contributed by atoms with van der Waals surface area (Å²) >= 11 is 0. The molecule has 25 heavy (non-hydrogen) atoms. The molecule has 0 aromatic heterocycles. The first-order valence-corrected chi connectivity index (χ1v) is 8.63. The summed E-state index contributed by atoms with van der Waals surface area (Å²) in [7, 11) is 0. The summed E-state index contributed by atoms with van der Waals surface area (Å²) in [6, 6.07) is 6.85. The zero-order valence-electron chi connectivity index (χ0n) is 14.6. The lowest BCUT2D eigenvalue weighted by Crippen LogP contribution is -2.45. The average Bonchev–Trinajstić information content (AvgIpc) is 2.66. The van der Waals surface area contributed by atoms with Crippen molar-refractivity contribution in [2.75, 3.05) is 25.0 Å². The van der Waals surface area contributed by atoms with Crippen molar-refractivity contribution in [3.8, 4) is 0 Å². The second-order valence-corrected chi connectivity index (χ2v) is 6.10. The van der Waals surface area contributed by atoms with Gasteiger partial charge in [0.15, 0.2) is 0 Å². The highest BCUT2D eigenvalue weighted by molar-refractivity contribution is 5.96. The van der Waals surface area contributed by atoms with Gasteiger partial charge in [0.1, 0.15) is 0 Å². The van der Waals surface area contributed by atoms with Gasteiger partial charge in [-0.3, -0.25) is 14.4 Å². The zero-order chi connectivity index (χ0) is 18.2. The van der Waals surface area contributed by atoms with Crippen molar-refractivity contribution >= 4 is 23.4 Å². The molecular weight excluding hydrogens is 318 g/mol. The molecule has 1 aliphatic heterocycles. The van der Waals surface area contributed by atoms with Gasteiger partial charge in [0.25, 0.3) is 5.91 Å². The molecule has 3 amide bonds. The van der Waals surface area contributed by atoms with Crippen molar-refractivity contribution in [3.63, 3.8) is 0 Å². The quantitative estimate of drug-likeness (QED) is 0.777. The van der Waals surface area contributed by atoms with Gasteiger partial charge in [0.05, 0.1) is 5.92 Å². The summed E-state index contributed by atoms with van der Waals surface area (Å²) in [4.78, 5) is 37.9. The summed E-state index contributed by atoms with van der Waals surface area (Å²) < 4.78 is 0. The normalized spacial score (nSPS) is 16.8. The molecule has 1 aromatic rings. The van der Waals surface area contributed by atoms with Crippen LogP contribution in [0.3, 0.4) is 0 Å². The number of piperidine rings is 1. The van der Waals surface area contributed by atoms with Crippen molar-refractivity contribution in [2.24, 2.45) is 5.92 Å². The molecule has 0 radical (unpaired) electrons. The number of benzene rings is 1. The number of carbonyl (C=O) groups is 3. The van der Waals surface area contributed by atoms with E-state index in [2.05, 4.69) is 17.2 Å². The molecule has 1 aliphatic rings. The van der Waals surface area contributed by atoms with Crippen LogP contribution in [-0.4, -0.2) is 42.3 Å². The van der Waals surface area contributed by atoms with Crippen LogP contribution < -0.4 is 10.6 Å². The van der Waals surface area contributed by atoms with Crippen LogP contribution in [0.5, 0.6) is 0 Å². The van der Waals surface area contributed by atoms with Crippen LogP contribution >= 0.6 is 0 Å². The van der Waals surface area contributed by atoms with E-state index >= 15 is 0 Å². The van der Waals surface area contributed by atoms with Crippen molar-refractivity contribution in [3.05, 3.63) is 42.5 Å². The van der Waals surface area contributed by atoms with Gasteiger partial charge >= 0.3 is 0 Å². The molecule has 0 aliphatic carbocycles. The lowest BCUT2D eigenvalue weighted by Gasteiger charge is -2.32. The Hall–Kier alpha value is -2.63. The monoisotopic (exact) mass is 343 g/mol. The number of carbonyl (C=O) groups excluding carboxylic acids is 3. The third kappa shape index (κ3) is 5.17. The third-order valence-corrected chi connectivity index (χ3v) is 4.24. The van der Waals surface area contributed by atoms with E-state index in [9.17, 15) is 14.4 Å².